The Morgan fingerprint density at radius 2 is 2.08 bits per heavy atom. The zero-order valence-corrected chi connectivity index (χ0v) is 7.09. The van der Waals surface area contributed by atoms with Gasteiger partial charge in [-0.1, -0.05) is 6.07 Å². The predicted molar refractivity (Wildman–Crippen MR) is 45.6 cm³/mol. The van der Waals surface area contributed by atoms with Crippen molar-refractivity contribution >= 4 is 5.91 Å². The number of primary amides is 1. The van der Waals surface area contributed by atoms with Gasteiger partial charge in [0.2, 0.25) is 0 Å². The normalized spacial score (nSPS) is 9.92. The van der Waals surface area contributed by atoms with Gasteiger partial charge in [0.1, 0.15) is 5.69 Å². The van der Waals surface area contributed by atoms with Gasteiger partial charge in [-0.3, -0.25) is 4.79 Å². The Balaban J connectivity index is 3.33. The van der Waals surface area contributed by atoms with Gasteiger partial charge in [0, 0.05) is 12.6 Å². The second-order valence-electron chi connectivity index (χ2n) is 2.72. The lowest BCUT2D eigenvalue weighted by Crippen LogP contribution is -2.15. The number of nitrogens with zero attached hydrogens (tertiary/aromatic N) is 1. The van der Waals surface area contributed by atoms with Gasteiger partial charge in [0.25, 0.3) is 5.91 Å². The van der Waals surface area contributed by atoms with Crippen LogP contribution in [0, 0.1) is 20.8 Å². The molecule has 3 nitrogen and oxygen atoms in total. The summed E-state index contributed by atoms with van der Waals surface area (Å²) in [6.07, 6.45) is 0. The third-order valence-electron chi connectivity index (χ3n) is 1.68. The van der Waals surface area contributed by atoms with Crippen LogP contribution in [0.2, 0.25) is 0 Å². The monoisotopic (exact) mass is 162 g/mol. The van der Waals surface area contributed by atoms with Crippen LogP contribution in [0.4, 0.5) is 0 Å². The fourth-order valence-electron chi connectivity index (χ4n) is 1.01. The Bertz CT molecular complexity index is 332. The molecule has 0 aliphatic heterocycles. The number of hydrogen-bond donors (Lipinski definition) is 1. The molecule has 1 amide bonds. The largest absolute Gasteiger partial charge is 0.364 e. The number of nitrogens with two attached hydrogens (primary N) is 1. The Hall–Kier alpha value is -1.38. The summed E-state index contributed by atoms with van der Waals surface area (Å²) < 4.78 is 0. The zero-order chi connectivity index (χ0) is 9.30. The van der Waals surface area contributed by atoms with Crippen LogP contribution in [0.1, 0.15) is 27.3 Å². The minimum Gasteiger partial charge on any atom is -0.364 e. The first-order chi connectivity index (χ1) is 5.52. The van der Waals surface area contributed by atoms with Crippen molar-refractivity contribution in [3.8, 4) is 0 Å². The lowest BCUT2D eigenvalue weighted by atomic mass is 10.1. The van der Waals surface area contributed by atoms with Crippen LogP contribution in [0.5, 0.6) is 0 Å². The smallest absolute Gasteiger partial charge is 0.267 e. The average molecular weight is 162 g/mol. The maximum atomic E-state index is 10.8. The van der Waals surface area contributed by atoms with E-state index in [4.69, 9.17) is 12.7 Å². The number of hydrogen-bond acceptors (Lipinski definition) is 2. The van der Waals surface area contributed by atoms with Crippen LogP contribution >= 0.6 is 0 Å². The van der Waals surface area contributed by atoms with E-state index in [1.165, 1.54) is 0 Å². The highest BCUT2D eigenvalue weighted by molar-refractivity contribution is 5.92. The Morgan fingerprint density at radius 3 is 2.58 bits per heavy atom. The predicted octanol–water partition coefficient (Wildman–Crippen LogP) is 0.857. The molecule has 0 aliphatic carbocycles. The van der Waals surface area contributed by atoms with E-state index in [2.05, 4.69) is 4.98 Å². The van der Waals surface area contributed by atoms with Crippen molar-refractivity contribution in [1.29, 1.82) is 0 Å². The van der Waals surface area contributed by atoms with E-state index in [9.17, 15) is 4.79 Å². The van der Waals surface area contributed by atoms with E-state index in [1.807, 2.05) is 6.92 Å². The summed E-state index contributed by atoms with van der Waals surface area (Å²) >= 11 is 0. The molecular weight excluding hydrogens is 152 g/mol. The van der Waals surface area contributed by atoms with Crippen LogP contribution in [0.25, 0.3) is 0 Å². The third-order valence-corrected chi connectivity index (χ3v) is 1.68. The zero-order valence-electron chi connectivity index (χ0n) is 7.09. The van der Waals surface area contributed by atoms with E-state index >= 15 is 0 Å². The number of carbonyl (C=O) groups is 1. The molecule has 0 fully saturated rings. The lowest BCUT2D eigenvalue weighted by molar-refractivity contribution is 0.0995. The Morgan fingerprint density at radius 1 is 1.50 bits per heavy atom. The first-order valence-electron chi connectivity index (χ1n) is 3.56. The van der Waals surface area contributed by atoms with Gasteiger partial charge >= 0.3 is 0 Å². The van der Waals surface area contributed by atoms with Crippen molar-refractivity contribution in [2.45, 2.75) is 13.8 Å². The maximum absolute atomic E-state index is 10.8. The summed E-state index contributed by atoms with van der Waals surface area (Å²) in [5.41, 5.74) is 7.30. The van der Waals surface area contributed by atoms with Gasteiger partial charge in [-0.25, -0.2) is 4.98 Å². The molecule has 0 aliphatic rings. The van der Waals surface area contributed by atoms with Crippen molar-refractivity contribution in [2.75, 3.05) is 0 Å². The van der Waals surface area contributed by atoms with Gasteiger partial charge < -0.3 is 5.73 Å². The number of aromatic nitrogens is 1. The van der Waals surface area contributed by atoms with Crippen LogP contribution in [-0.2, 0) is 0 Å². The van der Waals surface area contributed by atoms with Gasteiger partial charge in [0.15, 0.2) is 0 Å². The quantitative estimate of drug-likeness (QED) is 0.665. The molecule has 0 unspecified atom stereocenters. The number of carbonyl (C=O) groups excluding carboxylic acids is 1. The van der Waals surface area contributed by atoms with Crippen LogP contribution in [-0.4, -0.2) is 10.9 Å². The lowest BCUT2D eigenvalue weighted by Gasteiger charge is -2.04. The SMILES string of the molecule is [CH]c1nc(C(N)=O)c(C)cc1C. The van der Waals surface area contributed by atoms with Gasteiger partial charge in [-0.2, -0.15) is 0 Å². The molecule has 2 radical (unpaired) electrons. The summed E-state index contributed by atoms with van der Waals surface area (Å²) in [7, 11) is 0. The number of amides is 1. The van der Waals surface area contributed by atoms with E-state index in [0.717, 1.165) is 11.1 Å². The van der Waals surface area contributed by atoms with Gasteiger partial charge in [-0.15, -0.1) is 0 Å². The minimum atomic E-state index is -0.542. The van der Waals surface area contributed by atoms with E-state index in [1.54, 1.807) is 13.0 Å². The third kappa shape index (κ3) is 1.44. The molecule has 62 valence electrons. The van der Waals surface area contributed by atoms with Crippen molar-refractivity contribution in [2.24, 2.45) is 5.73 Å². The highest BCUT2D eigenvalue weighted by Gasteiger charge is 2.07. The first kappa shape index (κ1) is 8.71. The second-order valence-corrected chi connectivity index (χ2v) is 2.72. The molecule has 0 atom stereocenters. The summed E-state index contributed by atoms with van der Waals surface area (Å²) in [4.78, 5) is 14.7. The average Bonchev–Trinajstić information content (AvgIpc) is 1.96. The topological polar surface area (TPSA) is 56.0 Å². The molecule has 1 aromatic rings. The summed E-state index contributed by atoms with van der Waals surface area (Å²) in [6.45, 7) is 9.12. The molecule has 0 saturated heterocycles. The minimum absolute atomic E-state index is 0.248. The van der Waals surface area contributed by atoms with Gasteiger partial charge in [-0.05, 0) is 25.0 Å². The van der Waals surface area contributed by atoms with Crippen molar-refractivity contribution in [3.63, 3.8) is 0 Å². The molecule has 1 heterocycles. The fourth-order valence-corrected chi connectivity index (χ4v) is 1.01. The number of rotatable bonds is 1. The molecule has 2 N–H and O–H groups in total. The standard InChI is InChI=1S/C9H10N2O/c1-5-4-6(2)8(9(10)12)11-7(5)3/h3-4H,1-2H3,(H2,10,12). The van der Waals surface area contributed by atoms with Gasteiger partial charge in [0.05, 0.1) is 0 Å². The second kappa shape index (κ2) is 2.93. The molecule has 1 rings (SSSR count). The van der Waals surface area contributed by atoms with Crippen LogP contribution in [0.3, 0.4) is 0 Å². The van der Waals surface area contributed by atoms with Crippen LogP contribution in [0.15, 0.2) is 6.07 Å². The van der Waals surface area contributed by atoms with Crippen molar-refractivity contribution in [3.05, 3.63) is 35.5 Å². The van der Waals surface area contributed by atoms with Crippen LogP contribution < -0.4 is 5.73 Å². The summed E-state index contributed by atoms with van der Waals surface area (Å²) in [6, 6.07) is 1.79. The summed E-state index contributed by atoms with van der Waals surface area (Å²) in [5, 5.41) is 0. The molecule has 12 heavy (non-hydrogen) atoms. The Kier molecular flexibility index (Phi) is 2.13. The van der Waals surface area contributed by atoms with Crippen molar-refractivity contribution < 1.29 is 4.79 Å². The molecule has 0 bridgehead atoms. The number of aryl methyl sites for hydroxylation is 2. The molecule has 0 aromatic carbocycles. The summed E-state index contributed by atoms with van der Waals surface area (Å²) in [5.74, 6) is -0.542. The van der Waals surface area contributed by atoms with E-state index in [-0.39, 0.29) is 5.69 Å². The highest BCUT2D eigenvalue weighted by atomic mass is 16.1. The molecule has 0 saturated carbocycles. The van der Waals surface area contributed by atoms with E-state index in [0.29, 0.717) is 5.69 Å². The molecule has 0 spiro atoms. The first-order valence-corrected chi connectivity index (χ1v) is 3.56. The molecular formula is C9H10N2O. The Labute approximate surface area is 71.6 Å². The molecule has 1 aromatic heterocycles. The maximum Gasteiger partial charge on any atom is 0.267 e. The van der Waals surface area contributed by atoms with Crippen molar-refractivity contribution in [1.82, 2.24) is 4.98 Å². The highest BCUT2D eigenvalue weighted by Crippen LogP contribution is 2.10. The molecule has 3 heteroatoms. The van der Waals surface area contributed by atoms with E-state index < -0.39 is 5.91 Å². The number of pyridine rings is 1. The fraction of sp³-hybridized carbons (Fsp3) is 0.222.